The molecule has 1 aliphatic carbocycles. The minimum atomic E-state index is -0.0655. The van der Waals surface area contributed by atoms with Crippen molar-refractivity contribution >= 4 is 5.91 Å². The number of carbonyl (C=O) groups is 1. The zero-order valence-electron chi connectivity index (χ0n) is 11.0. The first-order valence-corrected chi connectivity index (χ1v) is 6.54. The lowest BCUT2D eigenvalue weighted by atomic mass is 10.1. The molecule has 1 saturated carbocycles. The molecule has 2 N–H and O–H groups in total. The molecule has 1 aliphatic rings. The van der Waals surface area contributed by atoms with Crippen molar-refractivity contribution in [1.82, 2.24) is 10.6 Å². The topological polar surface area (TPSA) is 41.1 Å². The number of hydrogen-bond acceptors (Lipinski definition) is 2. The Kier molecular flexibility index (Phi) is 5.26. The van der Waals surface area contributed by atoms with Gasteiger partial charge in [0.2, 0.25) is 5.91 Å². The van der Waals surface area contributed by atoms with Crippen LogP contribution in [0.1, 0.15) is 47.0 Å². The van der Waals surface area contributed by atoms with Gasteiger partial charge in [0.15, 0.2) is 0 Å². The highest BCUT2D eigenvalue weighted by atomic mass is 16.2. The minimum Gasteiger partial charge on any atom is -0.354 e. The maximum Gasteiger partial charge on any atom is 0.236 e. The molecule has 16 heavy (non-hydrogen) atoms. The summed E-state index contributed by atoms with van der Waals surface area (Å²) in [6.45, 7) is 9.21. The molecule has 3 atom stereocenters. The van der Waals surface area contributed by atoms with Crippen molar-refractivity contribution < 1.29 is 4.79 Å². The monoisotopic (exact) mass is 226 g/mol. The predicted octanol–water partition coefficient (Wildman–Crippen LogP) is 1.93. The quantitative estimate of drug-likeness (QED) is 0.752. The van der Waals surface area contributed by atoms with Crippen molar-refractivity contribution in [3.63, 3.8) is 0 Å². The molecule has 3 nitrogen and oxygen atoms in total. The molecule has 3 unspecified atom stereocenters. The van der Waals surface area contributed by atoms with Crippen LogP contribution in [0.15, 0.2) is 0 Å². The van der Waals surface area contributed by atoms with E-state index in [0.29, 0.717) is 17.9 Å². The summed E-state index contributed by atoms with van der Waals surface area (Å²) in [6, 6.07) is 0.462. The predicted molar refractivity (Wildman–Crippen MR) is 67.2 cm³/mol. The second-order valence-electron chi connectivity index (χ2n) is 5.54. The Labute approximate surface area is 99.4 Å². The normalized spacial score (nSPS) is 27.1. The lowest BCUT2D eigenvalue weighted by molar-refractivity contribution is -0.123. The van der Waals surface area contributed by atoms with Gasteiger partial charge in [0.05, 0.1) is 6.04 Å². The zero-order valence-corrected chi connectivity index (χ0v) is 11.0. The van der Waals surface area contributed by atoms with E-state index in [4.69, 9.17) is 0 Å². The van der Waals surface area contributed by atoms with Crippen molar-refractivity contribution in [2.45, 2.75) is 59.0 Å². The Balaban J connectivity index is 2.28. The Morgan fingerprint density at radius 1 is 1.31 bits per heavy atom. The Morgan fingerprint density at radius 2 is 2.00 bits per heavy atom. The molecule has 3 heteroatoms. The van der Waals surface area contributed by atoms with E-state index in [1.165, 1.54) is 19.3 Å². The van der Waals surface area contributed by atoms with Crippen LogP contribution in [-0.4, -0.2) is 24.5 Å². The van der Waals surface area contributed by atoms with Crippen molar-refractivity contribution in [2.75, 3.05) is 6.54 Å². The fourth-order valence-corrected chi connectivity index (χ4v) is 2.25. The summed E-state index contributed by atoms with van der Waals surface area (Å²) in [7, 11) is 0. The van der Waals surface area contributed by atoms with Crippen molar-refractivity contribution in [1.29, 1.82) is 0 Å². The van der Waals surface area contributed by atoms with Crippen LogP contribution in [0.5, 0.6) is 0 Å². The molecule has 0 aromatic rings. The average molecular weight is 226 g/mol. The fourth-order valence-electron chi connectivity index (χ4n) is 2.25. The van der Waals surface area contributed by atoms with Crippen molar-refractivity contribution in [2.24, 2.45) is 11.8 Å². The first kappa shape index (κ1) is 13.5. The van der Waals surface area contributed by atoms with Gasteiger partial charge in [-0.1, -0.05) is 27.2 Å². The van der Waals surface area contributed by atoms with Crippen LogP contribution in [0.25, 0.3) is 0 Å². The van der Waals surface area contributed by atoms with E-state index < -0.39 is 0 Å². The minimum absolute atomic E-state index is 0.0655. The number of hydrogen-bond donors (Lipinski definition) is 2. The highest BCUT2D eigenvalue weighted by Gasteiger charge is 2.26. The zero-order chi connectivity index (χ0) is 12.1. The molecule has 1 fully saturated rings. The summed E-state index contributed by atoms with van der Waals surface area (Å²) in [6.07, 6.45) is 3.79. The Morgan fingerprint density at radius 3 is 2.50 bits per heavy atom. The molecule has 1 amide bonds. The molecule has 1 rings (SSSR count). The molecular formula is C13H26N2O. The third-order valence-electron chi connectivity index (χ3n) is 3.40. The SMILES string of the molecule is CC(C)CNC(=O)C(C)NC1CCCC1C. The largest absolute Gasteiger partial charge is 0.354 e. The lowest BCUT2D eigenvalue weighted by Gasteiger charge is -2.22. The molecule has 0 saturated heterocycles. The van der Waals surface area contributed by atoms with E-state index >= 15 is 0 Å². The summed E-state index contributed by atoms with van der Waals surface area (Å²) in [4.78, 5) is 11.8. The van der Waals surface area contributed by atoms with Crippen LogP contribution < -0.4 is 10.6 Å². The van der Waals surface area contributed by atoms with Gasteiger partial charge >= 0.3 is 0 Å². The highest BCUT2D eigenvalue weighted by Crippen LogP contribution is 2.25. The van der Waals surface area contributed by atoms with Gasteiger partial charge in [-0.2, -0.15) is 0 Å². The lowest BCUT2D eigenvalue weighted by Crippen LogP contribution is -2.48. The molecule has 94 valence electrons. The number of nitrogens with one attached hydrogen (secondary N) is 2. The van der Waals surface area contributed by atoms with Crippen molar-refractivity contribution in [3.8, 4) is 0 Å². The van der Waals surface area contributed by atoms with Crippen LogP contribution in [-0.2, 0) is 4.79 Å². The third kappa shape index (κ3) is 4.12. The maximum atomic E-state index is 11.8. The molecule has 0 radical (unpaired) electrons. The van der Waals surface area contributed by atoms with Gasteiger partial charge in [-0.25, -0.2) is 0 Å². The van der Waals surface area contributed by atoms with E-state index in [1.54, 1.807) is 0 Å². The smallest absolute Gasteiger partial charge is 0.236 e. The fraction of sp³-hybridized carbons (Fsp3) is 0.923. The van der Waals surface area contributed by atoms with Crippen LogP contribution in [0.3, 0.4) is 0 Å². The van der Waals surface area contributed by atoms with Gasteiger partial charge in [-0.15, -0.1) is 0 Å². The molecule has 0 aromatic heterocycles. The summed E-state index contributed by atoms with van der Waals surface area (Å²) in [5.41, 5.74) is 0. The van der Waals surface area contributed by atoms with Crippen LogP contribution in [0.4, 0.5) is 0 Å². The number of amides is 1. The molecule has 0 aliphatic heterocycles. The van der Waals surface area contributed by atoms with Gasteiger partial charge in [0.1, 0.15) is 0 Å². The van der Waals surface area contributed by atoms with Gasteiger partial charge in [0.25, 0.3) is 0 Å². The Hall–Kier alpha value is -0.570. The van der Waals surface area contributed by atoms with Gasteiger partial charge in [0, 0.05) is 12.6 Å². The van der Waals surface area contributed by atoms with Crippen LogP contribution >= 0.6 is 0 Å². The molecule has 0 heterocycles. The molecule has 0 bridgehead atoms. The first-order chi connectivity index (χ1) is 7.50. The molecule has 0 spiro atoms. The summed E-state index contributed by atoms with van der Waals surface area (Å²) in [5, 5.41) is 6.41. The first-order valence-electron chi connectivity index (χ1n) is 6.54. The van der Waals surface area contributed by atoms with Crippen LogP contribution in [0.2, 0.25) is 0 Å². The Bertz CT molecular complexity index is 228. The van der Waals surface area contributed by atoms with Gasteiger partial charge in [-0.3, -0.25) is 4.79 Å². The van der Waals surface area contributed by atoms with E-state index in [-0.39, 0.29) is 11.9 Å². The van der Waals surface area contributed by atoms with Gasteiger partial charge < -0.3 is 10.6 Å². The van der Waals surface area contributed by atoms with E-state index in [2.05, 4.69) is 31.4 Å². The van der Waals surface area contributed by atoms with E-state index in [9.17, 15) is 4.79 Å². The number of carbonyl (C=O) groups excluding carboxylic acids is 1. The van der Waals surface area contributed by atoms with E-state index in [1.807, 2.05) is 6.92 Å². The standard InChI is InChI=1S/C13H26N2O/c1-9(2)8-14-13(16)11(4)15-12-7-5-6-10(12)3/h9-12,15H,5-8H2,1-4H3,(H,14,16). The molecular weight excluding hydrogens is 200 g/mol. The van der Waals surface area contributed by atoms with E-state index in [0.717, 1.165) is 6.54 Å². The average Bonchev–Trinajstić information content (AvgIpc) is 2.60. The molecule has 0 aromatic carbocycles. The number of rotatable bonds is 5. The second-order valence-corrected chi connectivity index (χ2v) is 5.54. The summed E-state index contributed by atoms with van der Waals surface area (Å²) >= 11 is 0. The second kappa shape index (κ2) is 6.24. The third-order valence-corrected chi connectivity index (χ3v) is 3.40. The summed E-state index contributed by atoms with van der Waals surface area (Å²) in [5.74, 6) is 1.36. The van der Waals surface area contributed by atoms with Gasteiger partial charge in [-0.05, 0) is 31.6 Å². The van der Waals surface area contributed by atoms with Crippen molar-refractivity contribution in [3.05, 3.63) is 0 Å². The summed E-state index contributed by atoms with van der Waals surface area (Å²) < 4.78 is 0. The highest BCUT2D eigenvalue weighted by molar-refractivity contribution is 5.81. The maximum absolute atomic E-state index is 11.8. The van der Waals surface area contributed by atoms with Crippen LogP contribution in [0, 0.1) is 11.8 Å².